The van der Waals surface area contributed by atoms with Crippen LogP contribution < -0.4 is 34.0 Å². The second kappa shape index (κ2) is 32.6. The van der Waals surface area contributed by atoms with Crippen molar-refractivity contribution in [1.29, 1.82) is 0 Å². The summed E-state index contributed by atoms with van der Waals surface area (Å²) in [5.41, 5.74) is 27.0. The molecule has 0 aromatic rings. The zero-order valence-electron chi connectivity index (χ0n) is 16.6. The van der Waals surface area contributed by atoms with Gasteiger partial charge in [-0.25, -0.2) is 0 Å². The SMILES string of the molecule is C.CCCl.CCNCCN(CCN)CCN.NCCN(CCN)CCN. The highest BCUT2D eigenvalue weighted by molar-refractivity contribution is 6.17. The van der Waals surface area contributed by atoms with Crippen LogP contribution in [0.5, 0.6) is 0 Å². The molecule has 11 N–H and O–H groups in total. The third-order valence-electron chi connectivity index (χ3n) is 3.08. The molecule has 9 heteroatoms. The Bertz CT molecular complexity index is 193. The first-order valence-corrected chi connectivity index (χ1v) is 9.86. The van der Waals surface area contributed by atoms with Crippen molar-refractivity contribution in [3.63, 3.8) is 0 Å². The van der Waals surface area contributed by atoms with Crippen molar-refractivity contribution in [2.75, 3.05) is 91.0 Å². The fourth-order valence-electron chi connectivity index (χ4n) is 2.00. The number of hydrogen-bond acceptors (Lipinski definition) is 8. The molecule has 0 heterocycles. The highest BCUT2D eigenvalue weighted by atomic mass is 35.5. The summed E-state index contributed by atoms with van der Waals surface area (Å²) >= 11 is 5.00. The van der Waals surface area contributed by atoms with E-state index in [9.17, 15) is 0 Å². The Kier molecular flexibility index (Phi) is 42.1. The number of nitrogens with one attached hydrogen (secondary N) is 1. The van der Waals surface area contributed by atoms with Gasteiger partial charge in [-0.2, -0.15) is 0 Å². The molecule has 0 aliphatic carbocycles. The van der Waals surface area contributed by atoms with Gasteiger partial charge >= 0.3 is 0 Å². The van der Waals surface area contributed by atoms with Crippen LogP contribution in [0.4, 0.5) is 0 Å². The van der Waals surface area contributed by atoms with Crippen LogP contribution in [0, 0.1) is 0 Å². The van der Waals surface area contributed by atoms with E-state index < -0.39 is 0 Å². The Morgan fingerprint density at radius 1 is 0.654 bits per heavy atom. The Hall–Kier alpha value is -0.0300. The minimum Gasteiger partial charge on any atom is -0.329 e. The lowest BCUT2D eigenvalue weighted by Crippen LogP contribution is -2.38. The molecule has 0 aliphatic heterocycles. The maximum absolute atomic E-state index is 5.46. The normalized spacial score (nSPS) is 9.92. The summed E-state index contributed by atoms with van der Waals surface area (Å²) in [4.78, 5) is 4.45. The zero-order chi connectivity index (χ0) is 19.8. The minimum atomic E-state index is 0. The number of nitrogens with two attached hydrogens (primary N) is 5. The average molecular weight is 401 g/mol. The highest BCUT2D eigenvalue weighted by Crippen LogP contribution is 1.83. The average Bonchev–Trinajstić information content (AvgIpc) is 2.58. The fraction of sp³-hybridized carbons (Fsp3) is 1.00. The van der Waals surface area contributed by atoms with Gasteiger partial charge in [0.25, 0.3) is 0 Å². The molecule has 0 spiro atoms. The molecule has 0 aromatic carbocycles. The predicted molar refractivity (Wildman–Crippen MR) is 120 cm³/mol. The monoisotopic (exact) mass is 400 g/mol. The number of alkyl halides is 1. The van der Waals surface area contributed by atoms with E-state index in [-0.39, 0.29) is 7.43 Å². The topological polar surface area (TPSA) is 149 Å². The smallest absolute Gasteiger partial charge is 0.0195 e. The summed E-state index contributed by atoms with van der Waals surface area (Å²) in [6.07, 6.45) is 0. The van der Waals surface area contributed by atoms with E-state index in [1.807, 2.05) is 6.92 Å². The number of hydrogen-bond donors (Lipinski definition) is 6. The van der Waals surface area contributed by atoms with Gasteiger partial charge in [0.1, 0.15) is 0 Å². The van der Waals surface area contributed by atoms with E-state index in [4.69, 9.17) is 40.3 Å². The van der Waals surface area contributed by atoms with Gasteiger partial charge in [-0.15, -0.1) is 11.6 Å². The molecule has 0 bridgehead atoms. The maximum Gasteiger partial charge on any atom is 0.0195 e. The van der Waals surface area contributed by atoms with Gasteiger partial charge < -0.3 is 34.0 Å². The first-order chi connectivity index (χ1) is 12.1. The van der Waals surface area contributed by atoms with Crippen molar-refractivity contribution in [1.82, 2.24) is 15.1 Å². The molecular formula is C17H49ClN8. The molecule has 8 nitrogen and oxygen atoms in total. The second-order valence-corrected chi connectivity index (χ2v) is 5.78. The maximum atomic E-state index is 5.46. The summed E-state index contributed by atoms with van der Waals surface area (Å²) in [5, 5.41) is 3.27. The standard InChI is InChI=1S/C8H22N4.C6H18N4.C2H5Cl.CH4/c1-2-11-5-8-12(6-3-9)7-4-10;7-1-4-10(5-2-8)6-3-9;1-2-3;/h11H,2-10H2,1H3;1-9H2;2H2,1H3;1H4. The van der Waals surface area contributed by atoms with E-state index in [2.05, 4.69) is 22.0 Å². The molecule has 0 rings (SSSR count). The summed E-state index contributed by atoms with van der Waals surface area (Å²) < 4.78 is 0. The van der Waals surface area contributed by atoms with Crippen molar-refractivity contribution in [2.24, 2.45) is 28.7 Å². The van der Waals surface area contributed by atoms with Crippen LogP contribution in [0.1, 0.15) is 21.3 Å². The molecule has 0 aliphatic rings. The van der Waals surface area contributed by atoms with Crippen LogP contribution in [0.15, 0.2) is 0 Å². The van der Waals surface area contributed by atoms with Gasteiger partial charge in [-0.1, -0.05) is 21.3 Å². The third-order valence-corrected chi connectivity index (χ3v) is 3.08. The second-order valence-electron chi connectivity index (χ2n) is 5.25. The quantitative estimate of drug-likeness (QED) is 0.158. The lowest BCUT2D eigenvalue weighted by molar-refractivity contribution is 0.289. The van der Waals surface area contributed by atoms with Crippen molar-refractivity contribution in [3.05, 3.63) is 0 Å². The lowest BCUT2D eigenvalue weighted by atomic mass is 10.4. The third kappa shape index (κ3) is 31.7. The van der Waals surface area contributed by atoms with E-state index >= 15 is 0 Å². The summed E-state index contributed by atoms with van der Waals surface area (Å²) in [7, 11) is 0. The highest BCUT2D eigenvalue weighted by Gasteiger charge is 2.00. The molecule has 0 aromatic heterocycles. The molecule has 0 amide bonds. The summed E-state index contributed by atoms with van der Waals surface area (Å²) in [6.45, 7) is 15.1. The van der Waals surface area contributed by atoms with E-state index in [1.165, 1.54) is 0 Å². The number of halogens is 1. The minimum absolute atomic E-state index is 0. The van der Waals surface area contributed by atoms with Crippen LogP contribution in [-0.4, -0.2) is 101 Å². The van der Waals surface area contributed by atoms with Crippen LogP contribution in [0.3, 0.4) is 0 Å². The van der Waals surface area contributed by atoms with Crippen molar-refractivity contribution < 1.29 is 0 Å². The van der Waals surface area contributed by atoms with Crippen LogP contribution >= 0.6 is 11.6 Å². The van der Waals surface area contributed by atoms with Gasteiger partial charge in [-0.3, -0.25) is 9.80 Å². The molecule has 0 saturated heterocycles. The number of rotatable bonds is 14. The van der Waals surface area contributed by atoms with E-state index in [1.54, 1.807) is 0 Å². The van der Waals surface area contributed by atoms with Gasteiger partial charge in [0, 0.05) is 84.4 Å². The Labute approximate surface area is 168 Å². The first-order valence-electron chi connectivity index (χ1n) is 9.33. The molecule has 0 saturated carbocycles. The summed E-state index contributed by atoms with van der Waals surface area (Å²) in [6, 6.07) is 0. The van der Waals surface area contributed by atoms with Gasteiger partial charge in [0.2, 0.25) is 0 Å². The Balaban J connectivity index is -0.000000158. The Morgan fingerprint density at radius 2 is 0.923 bits per heavy atom. The van der Waals surface area contributed by atoms with Crippen LogP contribution in [-0.2, 0) is 0 Å². The fourth-order valence-corrected chi connectivity index (χ4v) is 2.00. The van der Waals surface area contributed by atoms with Crippen LogP contribution in [0.2, 0.25) is 0 Å². The van der Waals surface area contributed by atoms with E-state index in [0.29, 0.717) is 32.7 Å². The Morgan fingerprint density at radius 3 is 1.15 bits per heavy atom. The molecular weight excluding hydrogens is 352 g/mol. The van der Waals surface area contributed by atoms with Gasteiger partial charge in [-0.05, 0) is 6.54 Å². The van der Waals surface area contributed by atoms with Gasteiger partial charge in [0.05, 0.1) is 0 Å². The molecule has 0 radical (unpaired) electrons. The van der Waals surface area contributed by atoms with Gasteiger partial charge in [0.15, 0.2) is 0 Å². The summed E-state index contributed by atoms with van der Waals surface area (Å²) in [5.74, 6) is 0.722. The number of likely N-dealkylation sites (N-methyl/N-ethyl adjacent to an activating group) is 1. The van der Waals surface area contributed by atoms with Crippen molar-refractivity contribution in [2.45, 2.75) is 21.3 Å². The van der Waals surface area contributed by atoms with Crippen molar-refractivity contribution in [3.8, 4) is 0 Å². The predicted octanol–water partition coefficient (Wildman–Crippen LogP) is -1.14. The molecule has 0 unspecified atom stereocenters. The zero-order valence-corrected chi connectivity index (χ0v) is 17.3. The number of nitrogens with zero attached hydrogens (tertiary/aromatic N) is 2. The molecule has 26 heavy (non-hydrogen) atoms. The first kappa shape index (κ1) is 33.5. The van der Waals surface area contributed by atoms with Crippen LogP contribution in [0.25, 0.3) is 0 Å². The lowest BCUT2D eigenvalue weighted by Gasteiger charge is -2.20. The largest absolute Gasteiger partial charge is 0.329 e. The molecule has 0 atom stereocenters. The molecule has 164 valence electrons. The van der Waals surface area contributed by atoms with E-state index in [0.717, 1.165) is 58.2 Å². The van der Waals surface area contributed by atoms with Crippen molar-refractivity contribution >= 4 is 11.6 Å². The molecule has 0 fully saturated rings.